The predicted octanol–water partition coefficient (Wildman–Crippen LogP) is 5.95. The summed E-state index contributed by atoms with van der Waals surface area (Å²) in [5.41, 5.74) is 3.74. The highest BCUT2D eigenvalue weighted by Gasteiger charge is 2.15. The first-order valence-corrected chi connectivity index (χ1v) is 8.35. The van der Waals surface area contributed by atoms with Gasteiger partial charge in [0.05, 0.1) is 5.69 Å². The van der Waals surface area contributed by atoms with Crippen molar-refractivity contribution in [2.75, 3.05) is 0 Å². The molecule has 1 aromatic heterocycles. The van der Waals surface area contributed by atoms with E-state index >= 15 is 0 Å². The topological polar surface area (TPSA) is 12.9 Å². The molecule has 0 unspecified atom stereocenters. The summed E-state index contributed by atoms with van der Waals surface area (Å²) >= 11 is 0. The quantitative estimate of drug-likeness (QED) is 0.567. The van der Waals surface area contributed by atoms with Crippen LogP contribution >= 0.6 is 0 Å². The Morgan fingerprint density at radius 3 is 2.41 bits per heavy atom. The Morgan fingerprint density at radius 1 is 0.773 bits per heavy atom. The number of rotatable bonds is 2. The van der Waals surface area contributed by atoms with Crippen molar-refractivity contribution in [2.45, 2.75) is 38.0 Å². The highest BCUT2D eigenvalue weighted by atomic mass is 14.7. The molecule has 0 aliphatic heterocycles. The highest BCUT2D eigenvalue weighted by Crippen LogP contribution is 2.34. The molecule has 0 bridgehead atoms. The highest BCUT2D eigenvalue weighted by molar-refractivity contribution is 5.85. The number of fused-ring (bicyclic) bond motifs is 1. The summed E-state index contributed by atoms with van der Waals surface area (Å²) in [6, 6.07) is 19.6. The van der Waals surface area contributed by atoms with Crippen molar-refractivity contribution in [1.82, 2.24) is 4.98 Å². The third-order valence-corrected chi connectivity index (χ3v) is 4.89. The maximum Gasteiger partial charge on any atom is 0.0708 e. The lowest BCUT2D eigenvalue weighted by molar-refractivity contribution is 0.444. The maximum atomic E-state index is 4.66. The molecule has 22 heavy (non-hydrogen) atoms. The van der Waals surface area contributed by atoms with E-state index in [-0.39, 0.29) is 0 Å². The number of benzene rings is 2. The Kier molecular flexibility index (Phi) is 3.64. The van der Waals surface area contributed by atoms with Crippen molar-refractivity contribution in [3.8, 4) is 11.3 Å². The SMILES string of the molecule is c1ccc(-c2cc3ccc(C4CCCCC4)cc3cn2)cc1. The van der Waals surface area contributed by atoms with E-state index < -0.39 is 0 Å². The van der Waals surface area contributed by atoms with Gasteiger partial charge in [-0.15, -0.1) is 0 Å². The van der Waals surface area contributed by atoms with Crippen molar-refractivity contribution >= 4 is 10.8 Å². The first-order valence-electron chi connectivity index (χ1n) is 8.35. The first-order chi connectivity index (χ1) is 10.9. The summed E-state index contributed by atoms with van der Waals surface area (Å²) in [6.45, 7) is 0. The molecule has 1 aliphatic rings. The Hall–Kier alpha value is -2.15. The molecule has 1 heteroatoms. The smallest absolute Gasteiger partial charge is 0.0708 e. The normalized spacial score (nSPS) is 16.0. The van der Waals surface area contributed by atoms with E-state index in [2.05, 4.69) is 53.5 Å². The number of pyridine rings is 1. The van der Waals surface area contributed by atoms with Gasteiger partial charge in [0.2, 0.25) is 0 Å². The van der Waals surface area contributed by atoms with Crippen LogP contribution < -0.4 is 0 Å². The summed E-state index contributed by atoms with van der Waals surface area (Å²) in [6.07, 6.45) is 8.90. The van der Waals surface area contributed by atoms with Crippen molar-refractivity contribution in [3.63, 3.8) is 0 Å². The Bertz CT molecular complexity index is 770. The molecule has 1 nitrogen and oxygen atoms in total. The van der Waals surface area contributed by atoms with Crippen LogP contribution in [0.25, 0.3) is 22.0 Å². The van der Waals surface area contributed by atoms with Crippen LogP contribution in [0.5, 0.6) is 0 Å². The van der Waals surface area contributed by atoms with Crippen LogP contribution in [0.3, 0.4) is 0 Å². The van der Waals surface area contributed by atoms with Crippen LogP contribution in [0.2, 0.25) is 0 Å². The Labute approximate surface area is 132 Å². The average Bonchev–Trinajstić information content (AvgIpc) is 2.62. The molecule has 0 N–H and O–H groups in total. The summed E-state index contributed by atoms with van der Waals surface area (Å²) < 4.78 is 0. The summed E-state index contributed by atoms with van der Waals surface area (Å²) in [5, 5.41) is 2.55. The molecule has 1 aliphatic carbocycles. The number of hydrogen-bond donors (Lipinski definition) is 0. The fraction of sp³-hybridized carbons (Fsp3) is 0.286. The fourth-order valence-electron chi connectivity index (χ4n) is 3.62. The third kappa shape index (κ3) is 2.64. The van der Waals surface area contributed by atoms with E-state index in [1.165, 1.54) is 54.0 Å². The van der Waals surface area contributed by atoms with Crippen LogP contribution in [-0.2, 0) is 0 Å². The van der Waals surface area contributed by atoms with Gasteiger partial charge in [-0.2, -0.15) is 0 Å². The summed E-state index contributed by atoms with van der Waals surface area (Å²) in [4.78, 5) is 4.66. The molecule has 0 amide bonds. The van der Waals surface area contributed by atoms with Gasteiger partial charge in [-0.1, -0.05) is 61.7 Å². The summed E-state index contributed by atoms with van der Waals surface area (Å²) in [7, 11) is 0. The zero-order valence-electron chi connectivity index (χ0n) is 12.8. The molecule has 1 saturated carbocycles. The second-order valence-electron chi connectivity index (χ2n) is 6.38. The lowest BCUT2D eigenvalue weighted by atomic mass is 9.83. The molecular weight excluding hydrogens is 266 g/mol. The van der Waals surface area contributed by atoms with Crippen molar-refractivity contribution in [3.05, 3.63) is 66.4 Å². The molecule has 1 fully saturated rings. The Balaban J connectivity index is 1.70. The first kappa shape index (κ1) is 13.5. The van der Waals surface area contributed by atoms with Gasteiger partial charge in [0, 0.05) is 17.1 Å². The zero-order valence-corrected chi connectivity index (χ0v) is 12.8. The van der Waals surface area contributed by atoms with Crippen molar-refractivity contribution in [2.24, 2.45) is 0 Å². The lowest BCUT2D eigenvalue weighted by Gasteiger charge is -2.22. The molecule has 1 heterocycles. The van der Waals surface area contributed by atoms with Gasteiger partial charge in [0.25, 0.3) is 0 Å². The minimum absolute atomic E-state index is 0.756. The fourth-order valence-corrected chi connectivity index (χ4v) is 3.62. The van der Waals surface area contributed by atoms with Crippen LogP contribution in [0.4, 0.5) is 0 Å². The molecule has 0 spiro atoms. The molecule has 2 aromatic carbocycles. The minimum atomic E-state index is 0.756. The molecule has 0 radical (unpaired) electrons. The molecule has 0 saturated heterocycles. The molecule has 4 rings (SSSR count). The van der Waals surface area contributed by atoms with Crippen molar-refractivity contribution in [1.29, 1.82) is 0 Å². The molecule has 110 valence electrons. The van der Waals surface area contributed by atoms with Gasteiger partial charge >= 0.3 is 0 Å². The second kappa shape index (κ2) is 5.92. The maximum absolute atomic E-state index is 4.66. The monoisotopic (exact) mass is 287 g/mol. The second-order valence-corrected chi connectivity index (χ2v) is 6.38. The summed E-state index contributed by atoms with van der Waals surface area (Å²) in [5.74, 6) is 0.756. The largest absolute Gasteiger partial charge is 0.256 e. The van der Waals surface area contributed by atoms with Gasteiger partial charge in [0.1, 0.15) is 0 Å². The minimum Gasteiger partial charge on any atom is -0.256 e. The van der Waals surface area contributed by atoms with E-state index in [1.807, 2.05) is 12.3 Å². The predicted molar refractivity (Wildman–Crippen MR) is 93.0 cm³/mol. The number of hydrogen-bond acceptors (Lipinski definition) is 1. The van der Waals surface area contributed by atoms with E-state index in [0.717, 1.165) is 11.6 Å². The van der Waals surface area contributed by atoms with E-state index in [0.29, 0.717) is 0 Å². The van der Waals surface area contributed by atoms with Crippen LogP contribution in [-0.4, -0.2) is 4.98 Å². The van der Waals surface area contributed by atoms with E-state index in [9.17, 15) is 0 Å². The lowest BCUT2D eigenvalue weighted by Crippen LogP contribution is -2.04. The standard InChI is InChI=1S/C21H21N/c1-3-7-16(8-4-1)18-11-12-19-14-21(22-15-20(19)13-18)17-9-5-2-6-10-17/h2,5-6,9-16H,1,3-4,7-8H2. The van der Waals surface area contributed by atoms with Crippen LogP contribution in [0.15, 0.2) is 60.8 Å². The van der Waals surface area contributed by atoms with Crippen LogP contribution in [0.1, 0.15) is 43.6 Å². The average molecular weight is 287 g/mol. The molecule has 3 aromatic rings. The number of nitrogens with zero attached hydrogens (tertiary/aromatic N) is 1. The van der Waals surface area contributed by atoms with E-state index in [4.69, 9.17) is 0 Å². The van der Waals surface area contributed by atoms with Gasteiger partial charge in [-0.05, 0) is 41.8 Å². The van der Waals surface area contributed by atoms with Gasteiger partial charge in [-0.3, -0.25) is 4.98 Å². The van der Waals surface area contributed by atoms with Gasteiger partial charge in [0.15, 0.2) is 0 Å². The molecular formula is C21H21N. The van der Waals surface area contributed by atoms with E-state index in [1.54, 1.807) is 0 Å². The van der Waals surface area contributed by atoms with Gasteiger partial charge < -0.3 is 0 Å². The zero-order chi connectivity index (χ0) is 14.8. The molecule has 0 atom stereocenters. The Morgan fingerprint density at radius 2 is 1.59 bits per heavy atom. The van der Waals surface area contributed by atoms with Crippen molar-refractivity contribution < 1.29 is 0 Å². The number of aromatic nitrogens is 1. The third-order valence-electron chi connectivity index (χ3n) is 4.89. The van der Waals surface area contributed by atoms with Crippen LogP contribution in [0, 0.1) is 0 Å². The van der Waals surface area contributed by atoms with Gasteiger partial charge in [-0.25, -0.2) is 0 Å².